The van der Waals surface area contributed by atoms with Gasteiger partial charge in [-0.15, -0.1) is 0 Å². The minimum Gasteiger partial charge on any atom is -0.492 e. The lowest BCUT2D eigenvalue weighted by Gasteiger charge is -2.18. The Hall–Kier alpha value is -4.99. The van der Waals surface area contributed by atoms with Crippen LogP contribution in [0, 0.1) is 0 Å². The lowest BCUT2D eigenvalue weighted by molar-refractivity contribution is -0.111. The number of likely N-dealkylation sites (N-methyl/N-ethyl adjacent to an activating group) is 1. The summed E-state index contributed by atoms with van der Waals surface area (Å²) in [5, 5.41) is 17.1. The average Bonchev–Trinajstić information content (AvgIpc) is 3.41. The predicted octanol–water partition coefficient (Wildman–Crippen LogP) is 5.77. The Balaban J connectivity index is 1.59. The first-order chi connectivity index (χ1) is 20.5. The molecule has 0 saturated carbocycles. The molecule has 9 heteroatoms. The topological polar surface area (TPSA) is 113 Å². The average molecular weight is 564 g/mol. The molecule has 5 aromatic rings. The molecule has 0 aliphatic heterocycles. The van der Waals surface area contributed by atoms with Gasteiger partial charge in [-0.05, 0) is 67.7 Å². The molecular formula is C33H33N5O4. The molecule has 1 amide bonds. The van der Waals surface area contributed by atoms with Crippen LogP contribution in [0.3, 0.4) is 0 Å². The first-order valence-corrected chi connectivity index (χ1v) is 13.6. The highest BCUT2D eigenvalue weighted by Gasteiger charge is 2.24. The van der Waals surface area contributed by atoms with E-state index in [9.17, 15) is 9.90 Å². The number of carbonyl (C=O) groups is 1. The Morgan fingerprint density at radius 2 is 1.74 bits per heavy atom. The lowest BCUT2D eigenvalue weighted by Crippen LogP contribution is -2.19. The highest BCUT2D eigenvalue weighted by molar-refractivity contribution is 6.06. The molecule has 0 aliphatic carbocycles. The summed E-state index contributed by atoms with van der Waals surface area (Å²) < 4.78 is 12.3. The Morgan fingerprint density at radius 3 is 2.40 bits per heavy atom. The van der Waals surface area contributed by atoms with Crippen molar-refractivity contribution in [2.45, 2.75) is 6.04 Å². The van der Waals surface area contributed by atoms with Crippen LogP contribution in [0.4, 0.5) is 11.5 Å². The van der Waals surface area contributed by atoms with Crippen LogP contribution in [0.2, 0.25) is 0 Å². The van der Waals surface area contributed by atoms with Crippen LogP contribution in [0.25, 0.3) is 33.6 Å². The number of aliphatic hydroxyl groups excluding tert-OH is 1. The molecule has 2 heterocycles. The van der Waals surface area contributed by atoms with E-state index in [1.54, 1.807) is 0 Å². The zero-order valence-electron chi connectivity index (χ0n) is 23.6. The van der Waals surface area contributed by atoms with Crippen LogP contribution in [0.15, 0.2) is 102 Å². The molecule has 0 radical (unpaired) electrons. The quantitative estimate of drug-likeness (QED) is 0.164. The molecule has 2 aromatic heterocycles. The minimum atomic E-state index is -0.398. The molecule has 0 fully saturated rings. The largest absolute Gasteiger partial charge is 0.492 e. The van der Waals surface area contributed by atoms with Crippen molar-refractivity contribution in [3.05, 3.63) is 103 Å². The summed E-state index contributed by atoms with van der Waals surface area (Å²) >= 11 is 0. The fourth-order valence-electron chi connectivity index (χ4n) is 4.57. The number of anilines is 2. The van der Waals surface area contributed by atoms with Gasteiger partial charge in [0.2, 0.25) is 11.6 Å². The number of hydrogen-bond acceptors (Lipinski definition) is 8. The van der Waals surface area contributed by atoms with E-state index in [1.807, 2.05) is 93.0 Å². The normalized spacial score (nSPS) is 11.8. The SMILES string of the molecule is C=CC(=O)Nc1ccc(-c2c(-c3ccc(OCCN(C)C)cc3)oc3ncnc(NC(CO)c4ccccc4)c23)cc1. The molecule has 5 rings (SSSR count). The zero-order chi connectivity index (χ0) is 29.5. The smallest absolute Gasteiger partial charge is 0.247 e. The number of fused-ring (bicyclic) bond motifs is 1. The van der Waals surface area contributed by atoms with Crippen molar-refractivity contribution in [3.63, 3.8) is 0 Å². The second kappa shape index (κ2) is 13.1. The van der Waals surface area contributed by atoms with Crippen molar-refractivity contribution in [2.24, 2.45) is 0 Å². The van der Waals surface area contributed by atoms with Gasteiger partial charge in [0.05, 0.1) is 18.0 Å². The van der Waals surface area contributed by atoms with Crippen molar-refractivity contribution in [1.82, 2.24) is 14.9 Å². The second-order valence-electron chi connectivity index (χ2n) is 9.95. The van der Waals surface area contributed by atoms with E-state index in [2.05, 4.69) is 32.1 Å². The van der Waals surface area contributed by atoms with E-state index in [4.69, 9.17) is 9.15 Å². The van der Waals surface area contributed by atoms with Gasteiger partial charge in [-0.25, -0.2) is 9.97 Å². The van der Waals surface area contributed by atoms with E-state index in [0.717, 1.165) is 34.5 Å². The molecule has 214 valence electrons. The number of rotatable bonds is 12. The van der Waals surface area contributed by atoms with Gasteiger partial charge in [0, 0.05) is 23.4 Å². The minimum absolute atomic E-state index is 0.136. The van der Waals surface area contributed by atoms with Crippen molar-refractivity contribution in [2.75, 3.05) is 44.5 Å². The lowest BCUT2D eigenvalue weighted by atomic mass is 9.98. The number of nitrogens with one attached hydrogen (secondary N) is 2. The maximum Gasteiger partial charge on any atom is 0.247 e. The number of aliphatic hydroxyl groups is 1. The number of furan rings is 1. The number of amides is 1. The van der Waals surface area contributed by atoms with Crippen molar-refractivity contribution >= 4 is 28.5 Å². The van der Waals surface area contributed by atoms with Crippen molar-refractivity contribution in [3.8, 4) is 28.2 Å². The summed E-state index contributed by atoms with van der Waals surface area (Å²) in [5.74, 6) is 1.61. The van der Waals surface area contributed by atoms with Crippen molar-refractivity contribution in [1.29, 1.82) is 0 Å². The molecule has 3 N–H and O–H groups in total. The molecule has 1 atom stereocenters. The molecule has 9 nitrogen and oxygen atoms in total. The fourth-order valence-corrected chi connectivity index (χ4v) is 4.57. The third-order valence-electron chi connectivity index (χ3n) is 6.73. The van der Waals surface area contributed by atoms with Gasteiger partial charge in [-0.3, -0.25) is 4.79 Å². The highest BCUT2D eigenvalue weighted by atomic mass is 16.5. The van der Waals surface area contributed by atoms with E-state index in [-0.39, 0.29) is 12.5 Å². The summed E-state index contributed by atoms with van der Waals surface area (Å²) in [6.07, 6.45) is 2.67. The molecule has 0 saturated heterocycles. The van der Waals surface area contributed by atoms with Gasteiger partial charge in [-0.2, -0.15) is 0 Å². The van der Waals surface area contributed by atoms with Crippen LogP contribution >= 0.6 is 0 Å². The van der Waals surface area contributed by atoms with Crippen LogP contribution in [-0.2, 0) is 4.79 Å². The number of benzene rings is 3. The van der Waals surface area contributed by atoms with Crippen molar-refractivity contribution < 1.29 is 19.1 Å². The summed E-state index contributed by atoms with van der Waals surface area (Å²) in [6, 6.07) is 24.5. The maximum absolute atomic E-state index is 11.8. The number of hydrogen-bond donors (Lipinski definition) is 3. The first kappa shape index (κ1) is 28.5. The number of ether oxygens (including phenoxy) is 1. The van der Waals surface area contributed by atoms with Crippen LogP contribution in [0.5, 0.6) is 5.75 Å². The molecule has 0 aliphatic rings. The molecule has 0 bridgehead atoms. The standard InChI is InChI=1S/C33H33N5O4/c1-4-28(40)36-25-14-10-23(11-15-25)29-30-32(37-27(20-39)22-8-6-5-7-9-22)34-21-35-33(30)42-31(29)24-12-16-26(17-13-24)41-19-18-38(2)3/h4-17,21,27,39H,1,18-20H2,2-3H3,(H,36,40)(H,34,35,37). The summed E-state index contributed by atoms with van der Waals surface area (Å²) in [4.78, 5) is 22.9. The third-order valence-corrected chi connectivity index (χ3v) is 6.73. The van der Waals surface area contributed by atoms with Gasteiger partial charge in [0.1, 0.15) is 30.3 Å². The third kappa shape index (κ3) is 6.49. The molecule has 42 heavy (non-hydrogen) atoms. The van der Waals surface area contributed by atoms with Gasteiger partial charge in [0.25, 0.3) is 0 Å². The Labute approximate surface area is 244 Å². The first-order valence-electron chi connectivity index (χ1n) is 13.6. The Bertz CT molecular complexity index is 1650. The van der Waals surface area contributed by atoms with Crippen LogP contribution in [0.1, 0.15) is 11.6 Å². The molecular weight excluding hydrogens is 530 g/mol. The zero-order valence-corrected chi connectivity index (χ0v) is 23.6. The number of nitrogens with zero attached hydrogens (tertiary/aromatic N) is 3. The van der Waals surface area contributed by atoms with E-state index >= 15 is 0 Å². The summed E-state index contributed by atoms with van der Waals surface area (Å²) in [5.41, 5.74) is 4.41. The van der Waals surface area contributed by atoms with Gasteiger partial charge in [-0.1, -0.05) is 49.0 Å². The van der Waals surface area contributed by atoms with E-state index in [1.165, 1.54) is 12.4 Å². The summed E-state index contributed by atoms with van der Waals surface area (Å²) in [7, 11) is 4.01. The number of aromatic nitrogens is 2. The molecule has 1 unspecified atom stereocenters. The molecule has 0 spiro atoms. The van der Waals surface area contributed by atoms with Crippen LogP contribution < -0.4 is 15.4 Å². The Kier molecular flexibility index (Phi) is 8.91. The van der Waals surface area contributed by atoms with Crippen LogP contribution in [-0.4, -0.2) is 59.7 Å². The predicted molar refractivity (Wildman–Crippen MR) is 165 cm³/mol. The monoisotopic (exact) mass is 563 g/mol. The fraction of sp³-hybridized carbons (Fsp3) is 0.182. The van der Waals surface area contributed by atoms with E-state index < -0.39 is 6.04 Å². The van der Waals surface area contributed by atoms with Gasteiger partial charge >= 0.3 is 0 Å². The molecule has 3 aromatic carbocycles. The van der Waals surface area contributed by atoms with E-state index in [0.29, 0.717) is 35.0 Å². The second-order valence-corrected chi connectivity index (χ2v) is 9.95. The number of carbonyl (C=O) groups excluding carboxylic acids is 1. The maximum atomic E-state index is 11.8. The summed E-state index contributed by atoms with van der Waals surface area (Å²) in [6.45, 7) is 4.77. The highest BCUT2D eigenvalue weighted by Crippen LogP contribution is 2.43. The van der Waals surface area contributed by atoms with Gasteiger partial charge in [0.15, 0.2) is 0 Å². The Morgan fingerprint density at radius 1 is 1.02 bits per heavy atom. The van der Waals surface area contributed by atoms with Gasteiger partial charge < -0.3 is 29.8 Å².